The number of benzene rings is 2. The first-order valence-electron chi connectivity index (χ1n) is 10.2. The van der Waals surface area contributed by atoms with E-state index < -0.39 is 15.9 Å². The third kappa shape index (κ3) is 5.49. The van der Waals surface area contributed by atoms with E-state index in [1.165, 1.54) is 49.8 Å². The van der Waals surface area contributed by atoms with Crippen molar-refractivity contribution in [2.24, 2.45) is 0 Å². The molecule has 1 aromatic heterocycles. The number of nitrogens with zero attached hydrogens (tertiary/aromatic N) is 3. The summed E-state index contributed by atoms with van der Waals surface area (Å²) in [5, 5.41) is 10.3. The summed E-state index contributed by atoms with van der Waals surface area (Å²) in [6.07, 6.45) is 1.66. The molecule has 1 amide bonds. The smallest absolute Gasteiger partial charge is 0.322 e. The van der Waals surface area contributed by atoms with Crippen LogP contribution in [0.2, 0.25) is 0 Å². The van der Waals surface area contributed by atoms with E-state index in [9.17, 15) is 13.2 Å². The lowest BCUT2D eigenvalue weighted by molar-refractivity contribution is 0.102. The Morgan fingerprint density at radius 2 is 1.82 bits per heavy atom. The molecule has 0 aliphatic heterocycles. The van der Waals surface area contributed by atoms with Crippen LogP contribution in [0.3, 0.4) is 0 Å². The van der Waals surface area contributed by atoms with Crippen molar-refractivity contribution in [2.75, 3.05) is 33.1 Å². The maximum atomic E-state index is 12.6. The number of hydrogen-bond acceptors (Lipinski definition) is 8. The zero-order valence-corrected chi connectivity index (χ0v) is 19.7. The number of sulfonamides is 1. The molecule has 0 aliphatic rings. The van der Waals surface area contributed by atoms with Gasteiger partial charge in [0.25, 0.3) is 11.8 Å². The van der Waals surface area contributed by atoms with Crippen LogP contribution in [0.25, 0.3) is 11.5 Å². The van der Waals surface area contributed by atoms with Gasteiger partial charge in [-0.25, -0.2) is 12.7 Å². The van der Waals surface area contributed by atoms with Gasteiger partial charge in [-0.15, -0.1) is 5.10 Å². The maximum absolute atomic E-state index is 12.6. The molecule has 0 bridgehead atoms. The van der Waals surface area contributed by atoms with Crippen LogP contribution in [-0.2, 0) is 10.0 Å². The number of hydrogen-bond donors (Lipinski definition) is 1. The summed E-state index contributed by atoms with van der Waals surface area (Å²) >= 11 is 0. The highest BCUT2D eigenvalue weighted by molar-refractivity contribution is 7.89. The van der Waals surface area contributed by atoms with Crippen molar-refractivity contribution in [3.8, 4) is 23.0 Å². The predicted octanol–water partition coefficient (Wildman–Crippen LogP) is 3.43. The highest BCUT2D eigenvalue weighted by Crippen LogP contribution is 2.33. The van der Waals surface area contributed by atoms with Gasteiger partial charge in [-0.1, -0.05) is 18.4 Å². The zero-order chi connectivity index (χ0) is 24.0. The van der Waals surface area contributed by atoms with E-state index in [0.29, 0.717) is 23.6 Å². The minimum absolute atomic E-state index is 0.114. The number of aromatic nitrogens is 2. The standard InChI is InChI=1S/C22H26N4O6S/c1-5-6-13-26(2)33(28,29)17-10-7-15(8-11-17)20(27)23-22-25-24-21(32-22)18-14-16(30-3)9-12-19(18)31-4/h7-12,14H,5-6,13H2,1-4H3,(H,23,25,27). The average Bonchev–Trinajstić information content (AvgIpc) is 3.30. The molecule has 0 spiro atoms. The van der Waals surface area contributed by atoms with E-state index >= 15 is 0 Å². The van der Waals surface area contributed by atoms with Gasteiger partial charge in [-0.05, 0) is 48.9 Å². The van der Waals surface area contributed by atoms with Crippen molar-refractivity contribution in [1.29, 1.82) is 0 Å². The lowest BCUT2D eigenvalue weighted by Crippen LogP contribution is -2.28. The second kappa shape index (κ2) is 10.5. The number of methoxy groups -OCH3 is 2. The fourth-order valence-electron chi connectivity index (χ4n) is 2.99. The Hall–Kier alpha value is -3.44. The van der Waals surface area contributed by atoms with Gasteiger partial charge < -0.3 is 13.9 Å². The number of carbonyl (C=O) groups excluding carboxylic acids is 1. The van der Waals surface area contributed by atoms with Gasteiger partial charge in [0.1, 0.15) is 11.5 Å². The van der Waals surface area contributed by atoms with Gasteiger partial charge in [0.15, 0.2) is 0 Å². The van der Waals surface area contributed by atoms with Crippen LogP contribution in [-0.4, -0.2) is 56.6 Å². The number of amides is 1. The predicted molar refractivity (Wildman–Crippen MR) is 122 cm³/mol. The lowest BCUT2D eigenvalue weighted by atomic mass is 10.2. The molecule has 33 heavy (non-hydrogen) atoms. The molecule has 0 radical (unpaired) electrons. The minimum Gasteiger partial charge on any atom is -0.497 e. The molecule has 176 valence electrons. The van der Waals surface area contributed by atoms with Gasteiger partial charge in [0, 0.05) is 19.2 Å². The fraction of sp³-hybridized carbons (Fsp3) is 0.318. The molecule has 0 unspecified atom stereocenters. The highest BCUT2D eigenvalue weighted by Gasteiger charge is 2.21. The van der Waals surface area contributed by atoms with Gasteiger partial charge in [0.2, 0.25) is 10.0 Å². The molecule has 11 heteroatoms. The van der Waals surface area contributed by atoms with Crippen LogP contribution < -0.4 is 14.8 Å². The van der Waals surface area contributed by atoms with Crippen LogP contribution in [0.4, 0.5) is 6.01 Å². The average molecular weight is 475 g/mol. The van der Waals surface area contributed by atoms with E-state index in [1.807, 2.05) is 6.92 Å². The number of ether oxygens (including phenoxy) is 2. The van der Waals surface area contributed by atoms with Crippen molar-refractivity contribution in [1.82, 2.24) is 14.5 Å². The number of anilines is 1. The van der Waals surface area contributed by atoms with E-state index in [-0.39, 0.29) is 22.4 Å². The van der Waals surface area contributed by atoms with E-state index in [4.69, 9.17) is 13.9 Å². The molecule has 1 N–H and O–H groups in total. The molecular formula is C22H26N4O6S. The summed E-state index contributed by atoms with van der Waals surface area (Å²) in [4.78, 5) is 12.7. The summed E-state index contributed by atoms with van der Waals surface area (Å²) in [6, 6.07) is 10.6. The first-order valence-corrected chi connectivity index (χ1v) is 11.7. The molecule has 1 heterocycles. The Kier molecular flexibility index (Phi) is 7.67. The number of nitrogens with one attached hydrogen (secondary N) is 1. The first kappa shape index (κ1) is 24.2. The fourth-order valence-corrected chi connectivity index (χ4v) is 4.20. The molecule has 0 fully saturated rings. The molecule has 0 saturated carbocycles. The number of carbonyl (C=O) groups is 1. The number of rotatable bonds is 10. The lowest BCUT2D eigenvalue weighted by Gasteiger charge is -2.16. The zero-order valence-electron chi connectivity index (χ0n) is 18.9. The molecule has 2 aromatic carbocycles. The molecule has 0 aliphatic carbocycles. The normalized spacial score (nSPS) is 11.4. The Morgan fingerprint density at radius 1 is 1.09 bits per heavy atom. The topological polar surface area (TPSA) is 124 Å². The van der Waals surface area contributed by atoms with E-state index in [0.717, 1.165) is 12.8 Å². The summed E-state index contributed by atoms with van der Waals surface area (Å²) < 4.78 is 42.6. The van der Waals surface area contributed by atoms with Crippen LogP contribution in [0.15, 0.2) is 51.8 Å². The van der Waals surface area contributed by atoms with Crippen LogP contribution in [0.1, 0.15) is 30.1 Å². The van der Waals surface area contributed by atoms with Gasteiger partial charge in [0.05, 0.1) is 24.7 Å². The second-order valence-electron chi connectivity index (χ2n) is 7.14. The largest absolute Gasteiger partial charge is 0.497 e. The maximum Gasteiger partial charge on any atom is 0.322 e. The summed E-state index contributed by atoms with van der Waals surface area (Å²) in [6.45, 7) is 2.42. The molecule has 3 aromatic rings. The van der Waals surface area contributed by atoms with Crippen LogP contribution in [0, 0.1) is 0 Å². The Bertz CT molecular complexity index is 1210. The van der Waals surface area contributed by atoms with E-state index in [2.05, 4.69) is 15.5 Å². The first-order chi connectivity index (χ1) is 15.8. The highest BCUT2D eigenvalue weighted by atomic mass is 32.2. The van der Waals surface area contributed by atoms with Gasteiger partial charge >= 0.3 is 6.01 Å². The molecule has 10 nitrogen and oxygen atoms in total. The summed E-state index contributed by atoms with van der Waals surface area (Å²) in [7, 11) is 0.966. The van der Waals surface area contributed by atoms with Gasteiger partial charge in [-0.3, -0.25) is 10.1 Å². The monoisotopic (exact) mass is 474 g/mol. The quantitative estimate of drug-likeness (QED) is 0.474. The minimum atomic E-state index is -3.61. The Balaban J connectivity index is 1.74. The van der Waals surface area contributed by atoms with Crippen LogP contribution in [0.5, 0.6) is 11.5 Å². The van der Waals surface area contributed by atoms with Crippen molar-refractivity contribution >= 4 is 21.9 Å². The Labute approximate surface area is 192 Å². The van der Waals surface area contributed by atoms with Crippen LogP contribution >= 0.6 is 0 Å². The second-order valence-corrected chi connectivity index (χ2v) is 9.18. The van der Waals surface area contributed by atoms with Gasteiger partial charge in [-0.2, -0.15) is 0 Å². The Morgan fingerprint density at radius 3 is 2.45 bits per heavy atom. The summed E-state index contributed by atoms with van der Waals surface area (Å²) in [5.41, 5.74) is 0.746. The van der Waals surface area contributed by atoms with Crippen molar-refractivity contribution in [2.45, 2.75) is 24.7 Å². The van der Waals surface area contributed by atoms with Crippen molar-refractivity contribution in [3.05, 3.63) is 48.0 Å². The third-order valence-electron chi connectivity index (χ3n) is 4.93. The molecule has 0 saturated heterocycles. The molecule has 0 atom stereocenters. The van der Waals surface area contributed by atoms with Crippen molar-refractivity contribution < 1.29 is 27.1 Å². The summed E-state index contributed by atoms with van der Waals surface area (Å²) in [5.74, 6) is 0.687. The molecule has 3 rings (SSSR count). The van der Waals surface area contributed by atoms with E-state index in [1.54, 1.807) is 18.2 Å². The molecular weight excluding hydrogens is 448 g/mol. The SMILES string of the molecule is CCCCN(C)S(=O)(=O)c1ccc(C(=O)Nc2nnc(-c3cc(OC)ccc3OC)o2)cc1. The number of unbranched alkanes of at least 4 members (excludes halogenated alkanes) is 1. The third-order valence-corrected chi connectivity index (χ3v) is 6.80. The van der Waals surface area contributed by atoms with Crippen molar-refractivity contribution in [3.63, 3.8) is 0 Å².